The third-order valence-electron chi connectivity index (χ3n) is 7.78. The SMILES string of the molecule is CC(=O)Nc1cc(COc2cc(OCc3cccc(-c4ccc5c(c4)OCCO5)c3C)c(Cl)cc2CNC(C)(CO)C(=O)O)ccn1. The second kappa shape index (κ2) is 14.7. The van der Waals surface area contributed by atoms with Crippen LogP contribution < -0.4 is 29.6 Å². The lowest BCUT2D eigenvalue weighted by atomic mass is 9.96. The van der Waals surface area contributed by atoms with Crippen LogP contribution in [0.1, 0.15) is 36.1 Å². The van der Waals surface area contributed by atoms with Crippen molar-refractivity contribution in [2.75, 3.05) is 25.1 Å². The molecule has 0 bridgehead atoms. The number of aliphatic hydroxyl groups is 1. The zero-order chi connectivity index (χ0) is 33.6. The number of anilines is 1. The van der Waals surface area contributed by atoms with Gasteiger partial charge in [-0.15, -0.1) is 0 Å². The molecule has 0 saturated heterocycles. The van der Waals surface area contributed by atoms with Crippen LogP contribution in [-0.2, 0) is 29.3 Å². The van der Waals surface area contributed by atoms with E-state index in [-0.39, 0.29) is 25.7 Å². The molecule has 1 aliphatic heterocycles. The van der Waals surface area contributed by atoms with Gasteiger partial charge in [-0.1, -0.05) is 35.9 Å². The molecule has 4 aromatic rings. The van der Waals surface area contributed by atoms with E-state index in [4.69, 9.17) is 30.5 Å². The third-order valence-corrected chi connectivity index (χ3v) is 8.07. The number of carboxylic acid groups (broad SMARTS) is 1. The molecule has 0 spiro atoms. The van der Waals surface area contributed by atoms with Gasteiger partial charge < -0.3 is 34.5 Å². The maximum Gasteiger partial charge on any atom is 0.326 e. The van der Waals surface area contributed by atoms with Gasteiger partial charge in [0, 0.05) is 31.3 Å². The summed E-state index contributed by atoms with van der Waals surface area (Å²) in [5.74, 6) is 1.13. The van der Waals surface area contributed by atoms with Crippen LogP contribution in [0.4, 0.5) is 5.82 Å². The summed E-state index contributed by atoms with van der Waals surface area (Å²) in [4.78, 5) is 27.4. The number of amides is 1. The number of aromatic nitrogens is 1. The van der Waals surface area contributed by atoms with Crippen molar-refractivity contribution in [3.8, 4) is 34.1 Å². The normalized spacial score (nSPS) is 13.4. The fourth-order valence-electron chi connectivity index (χ4n) is 4.94. The van der Waals surface area contributed by atoms with Crippen LogP contribution in [0.5, 0.6) is 23.0 Å². The molecule has 246 valence electrons. The van der Waals surface area contributed by atoms with E-state index in [1.54, 1.807) is 30.5 Å². The number of aliphatic hydroxyl groups excluding tert-OH is 1. The summed E-state index contributed by atoms with van der Waals surface area (Å²) in [7, 11) is 0. The van der Waals surface area contributed by atoms with E-state index >= 15 is 0 Å². The lowest BCUT2D eigenvalue weighted by Crippen LogP contribution is -2.52. The Morgan fingerprint density at radius 3 is 2.49 bits per heavy atom. The highest BCUT2D eigenvalue weighted by molar-refractivity contribution is 6.32. The van der Waals surface area contributed by atoms with E-state index in [1.807, 2.05) is 43.3 Å². The molecule has 0 radical (unpaired) electrons. The van der Waals surface area contributed by atoms with Crippen LogP contribution >= 0.6 is 11.6 Å². The Hall–Kier alpha value is -4.84. The highest BCUT2D eigenvalue weighted by atomic mass is 35.5. The molecule has 1 aromatic heterocycles. The molecule has 11 nitrogen and oxygen atoms in total. The zero-order valence-corrected chi connectivity index (χ0v) is 27.0. The molecule has 1 atom stereocenters. The largest absolute Gasteiger partial charge is 0.488 e. The van der Waals surface area contributed by atoms with Crippen molar-refractivity contribution in [2.24, 2.45) is 0 Å². The second-order valence-corrected chi connectivity index (χ2v) is 11.7. The molecule has 0 aliphatic carbocycles. The molecule has 1 unspecified atom stereocenters. The van der Waals surface area contributed by atoms with Crippen molar-refractivity contribution in [3.05, 3.63) is 94.1 Å². The standard InChI is InChI=1S/C35H36ClN3O8/c1-21-25(5-4-6-27(21)24-7-8-29-32(15-24)45-12-11-44-29)19-47-31-16-30(46-18-23-9-10-37-33(13-23)39-22(2)41)26(14-28(31)36)17-38-35(3,20-40)34(42)43/h4-10,13-16,38,40H,11-12,17-20H2,1-3H3,(H,42,43)(H,37,39,41). The highest BCUT2D eigenvalue weighted by Crippen LogP contribution is 2.37. The lowest BCUT2D eigenvalue weighted by Gasteiger charge is -2.25. The zero-order valence-electron chi connectivity index (χ0n) is 26.3. The van der Waals surface area contributed by atoms with E-state index < -0.39 is 18.1 Å². The van der Waals surface area contributed by atoms with Crippen molar-refractivity contribution in [1.82, 2.24) is 10.3 Å². The van der Waals surface area contributed by atoms with E-state index in [0.29, 0.717) is 46.9 Å². The van der Waals surface area contributed by atoms with Crippen molar-refractivity contribution < 1.29 is 38.7 Å². The maximum atomic E-state index is 11.8. The fourth-order valence-corrected chi connectivity index (χ4v) is 5.18. The number of fused-ring (bicyclic) bond motifs is 1. The number of nitrogens with zero attached hydrogens (tertiary/aromatic N) is 1. The van der Waals surface area contributed by atoms with Gasteiger partial charge in [-0.2, -0.15) is 0 Å². The van der Waals surface area contributed by atoms with Crippen molar-refractivity contribution in [3.63, 3.8) is 0 Å². The topological polar surface area (TPSA) is 148 Å². The quantitative estimate of drug-likeness (QED) is 0.144. The first kappa shape index (κ1) is 33.5. The fraction of sp³-hybridized carbons (Fsp3) is 0.286. The van der Waals surface area contributed by atoms with E-state index in [1.165, 1.54) is 13.8 Å². The number of pyridine rings is 1. The first-order valence-electron chi connectivity index (χ1n) is 14.9. The van der Waals surface area contributed by atoms with Gasteiger partial charge in [0.15, 0.2) is 11.5 Å². The number of halogens is 1. The van der Waals surface area contributed by atoms with Gasteiger partial charge in [0.1, 0.15) is 49.3 Å². The van der Waals surface area contributed by atoms with Crippen LogP contribution in [-0.4, -0.2) is 52.4 Å². The Kier molecular flexibility index (Phi) is 10.5. The minimum Gasteiger partial charge on any atom is -0.488 e. The number of carbonyl (C=O) groups excluding carboxylic acids is 1. The molecular weight excluding hydrogens is 626 g/mol. The highest BCUT2D eigenvalue weighted by Gasteiger charge is 2.32. The van der Waals surface area contributed by atoms with Gasteiger partial charge >= 0.3 is 5.97 Å². The van der Waals surface area contributed by atoms with Gasteiger partial charge in [0.25, 0.3) is 0 Å². The van der Waals surface area contributed by atoms with Crippen molar-refractivity contribution in [1.29, 1.82) is 0 Å². The van der Waals surface area contributed by atoms with Crippen LogP contribution in [0.3, 0.4) is 0 Å². The molecule has 47 heavy (non-hydrogen) atoms. The number of aliphatic carboxylic acids is 1. The molecule has 1 aliphatic rings. The number of nitrogens with one attached hydrogen (secondary N) is 2. The van der Waals surface area contributed by atoms with Gasteiger partial charge in [0.05, 0.1) is 11.6 Å². The Bertz CT molecular complexity index is 1780. The second-order valence-electron chi connectivity index (χ2n) is 11.3. The molecule has 12 heteroatoms. The molecule has 4 N–H and O–H groups in total. The predicted molar refractivity (Wildman–Crippen MR) is 176 cm³/mol. The minimum absolute atomic E-state index is 0.0306. The van der Waals surface area contributed by atoms with Crippen LogP contribution in [0, 0.1) is 6.92 Å². The maximum absolute atomic E-state index is 11.8. The molecule has 3 aromatic carbocycles. The number of hydrogen-bond donors (Lipinski definition) is 4. The number of rotatable bonds is 13. The third kappa shape index (κ3) is 8.12. The van der Waals surface area contributed by atoms with E-state index in [2.05, 4.69) is 15.6 Å². The summed E-state index contributed by atoms with van der Waals surface area (Å²) >= 11 is 6.69. The lowest BCUT2D eigenvalue weighted by molar-refractivity contribution is -0.145. The van der Waals surface area contributed by atoms with Crippen molar-refractivity contribution in [2.45, 2.75) is 46.1 Å². The summed E-state index contributed by atoms with van der Waals surface area (Å²) in [5.41, 5.74) is 3.70. The van der Waals surface area contributed by atoms with Crippen molar-refractivity contribution >= 4 is 29.3 Å². The van der Waals surface area contributed by atoms with Gasteiger partial charge in [-0.25, -0.2) is 4.98 Å². The first-order valence-corrected chi connectivity index (χ1v) is 15.3. The summed E-state index contributed by atoms with van der Waals surface area (Å²) in [6.45, 7) is 5.57. The van der Waals surface area contributed by atoms with Crippen LogP contribution in [0.25, 0.3) is 11.1 Å². The molecule has 2 heterocycles. The molecular formula is C35H36ClN3O8. The average molecular weight is 662 g/mol. The molecule has 1 amide bonds. The van der Waals surface area contributed by atoms with Crippen LogP contribution in [0.15, 0.2) is 66.9 Å². The Morgan fingerprint density at radius 2 is 1.74 bits per heavy atom. The number of hydrogen-bond acceptors (Lipinski definition) is 9. The van der Waals surface area contributed by atoms with Gasteiger partial charge in [0.2, 0.25) is 5.91 Å². The number of benzene rings is 3. The number of carbonyl (C=O) groups is 2. The first-order chi connectivity index (χ1) is 22.6. The Morgan fingerprint density at radius 1 is 0.979 bits per heavy atom. The summed E-state index contributed by atoms with van der Waals surface area (Å²) < 4.78 is 23.9. The van der Waals surface area contributed by atoms with Gasteiger partial charge in [-0.3, -0.25) is 14.9 Å². The smallest absolute Gasteiger partial charge is 0.326 e. The Balaban J connectivity index is 1.38. The molecule has 0 saturated carbocycles. The Labute approximate surface area is 277 Å². The van der Waals surface area contributed by atoms with E-state index in [9.17, 15) is 19.8 Å². The van der Waals surface area contributed by atoms with E-state index in [0.717, 1.165) is 33.6 Å². The predicted octanol–water partition coefficient (Wildman–Crippen LogP) is 5.52. The minimum atomic E-state index is -1.59. The molecule has 5 rings (SSSR count). The number of ether oxygens (including phenoxy) is 4. The van der Waals surface area contributed by atoms with Crippen LogP contribution in [0.2, 0.25) is 5.02 Å². The monoisotopic (exact) mass is 661 g/mol. The average Bonchev–Trinajstić information content (AvgIpc) is 3.06. The number of carboxylic acids is 1. The van der Waals surface area contributed by atoms with Gasteiger partial charge in [-0.05, 0) is 72.0 Å². The summed E-state index contributed by atoms with van der Waals surface area (Å²) in [5, 5.41) is 25.2. The summed E-state index contributed by atoms with van der Waals surface area (Å²) in [6, 6.07) is 18.6. The molecule has 0 fully saturated rings. The summed E-state index contributed by atoms with van der Waals surface area (Å²) in [6.07, 6.45) is 1.56.